The molecule has 72 valence electrons. The molecule has 0 aromatic carbocycles. The third kappa shape index (κ3) is 3.28. The number of alkyl halides is 1. The summed E-state index contributed by atoms with van der Waals surface area (Å²) in [7, 11) is 0. The smallest absolute Gasteiger partial charge is 0.235 e. The van der Waals surface area contributed by atoms with Crippen LogP contribution in [0.2, 0.25) is 0 Å². The van der Waals surface area contributed by atoms with Gasteiger partial charge in [-0.3, -0.25) is 4.79 Å². The number of amides is 1. The molecule has 0 aliphatic rings. The Morgan fingerprint density at radius 1 is 1.69 bits per heavy atom. The Hall–Kier alpha value is -0.680. The van der Waals surface area contributed by atoms with Crippen molar-refractivity contribution in [2.24, 2.45) is 0 Å². The average molecular weight is 220 g/mol. The molecule has 0 atom stereocenters. The van der Waals surface area contributed by atoms with Crippen molar-refractivity contribution in [3.63, 3.8) is 0 Å². The van der Waals surface area contributed by atoms with Crippen LogP contribution in [-0.2, 0) is 17.8 Å². The van der Waals surface area contributed by atoms with E-state index in [0.717, 1.165) is 17.3 Å². The normalized spacial score (nSPS) is 10.0. The summed E-state index contributed by atoms with van der Waals surface area (Å²) in [5, 5.41) is 3.44. The van der Waals surface area contributed by atoms with Crippen LogP contribution in [0, 0.1) is 0 Å². The Morgan fingerprint density at radius 3 is 3.00 bits per heavy atom. The monoisotopic (exact) mass is 219 g/mol. The van der Waals surface area contributed by atoms with Gasteiger partial charge in [0, 0.05) is 6.42 Å². The third-order valence-corrected chi connectivity index (χ3v) is 2.38. The fourth-order valence-corrected chi connectivity index (χ4v) is 1.49. The van der Waals surface area contributed by atoms with Crippen molar-refractivity contribution in [1.29, 1.82) is 0 Å². The molecule has 0 fully saturated rings. The van der Waals surface area contributed by atoms with E-state index in [9.17, 15) is 4.79 Å². The Balaban J connectivity index is 2.41. The molecule has 0 saturated carbocycles. The number of hydrogen-bond acceptors (Lipinski definition) is 4. The number of aromatic nitrogens is 2. The van der Waals surface area contributed by atoms with Crippen molar-refractivity contribution in [2.45, 2.75) is 19.9 Å². The van der Waals surface area contributed by atoms with Crippen LogP contribution in [0.5, 0.6) is 0 Å². The van der Waals surface area contributed by atoms with Gasteiger partial charge in [-0.15, -0.1) is 11.6 Å². The Morgan fingerprint density at radius 2 is 2.46 bits per heavy atom. The van der Waals surface area contributed by atoms with E-state index in [-0.39, 0.29) is 11.8 Å². The standard InChI is InChI=1S/C7H10ClN3OS/c1-2-5-10-7(13-11-5)4-9-6(12)3-8/h2-4H2,1H3,(H,9,12). The van der Waals surface area contributed by atoms with E-state index in [0.29, 0.717) is 6.54 Å². The zero-order chi connectivity index (χ0) is 9.68. The van der Waals surface area contributed by atoms with Gasteiger partial charge in [0.1, 0.15) is 16.7 Å². The summed E-state index contributed by atoms with van der Waals surface area (Å²) in [6.07, 6.45) is 0.819. The van der Waals surface area contributed by atoms with Crippen molar-refractivity contribution < 1.29 is 4.79 Å². The van der Waals surface area contributed by atoms with Gasteiger partial charge in [0.05, 0.1) is 6.54 Å². The number of nitrogens with one attached hydrogen (secondary N) is 1. The fourth-order valence-electron chi connectivity index (χ4n) is 0.727. The molecule has 1 rings (SSSR count). The highest BCUT2D eigenvalue weighted by molar-refractivity contribution is 7.05. The van der Waals surface area contributed by atoms with Crippen molar-refractivity contribution in [3.05, 3.63) is 10.8 Å². The third-order valence-electron chi connectivity index (χ3n) is 1.38. The predicted octanol–water partition coefficient (Wildman–Crippen LogP) is 0.955. The number of nitrogens with zero attached hydrogens (tertiary/aromatic N) is 2. The van der Waals surface area contributed by atoms with Crippen molar-refractivity contribution in [3.8, 4) is 0 Å². The minimum atomic E-state index is -0.185. The number of hydrogen-bond donors (Lipinski definition) is 1. The van der Waals surface area contributed by atoms with Gasteiger partial charge in [-0.25, -0.2) is 4.98 Å². The van der Waals surface area contributed by atoms with Gasteiger partial charge >= 0.3 is 0 Å². The summed E-state index contributed by atoms with van der Waals surface area (Å²) in [5.41, 5.74) is 0. The van der Waals surface area contributed by atoms with E-state index in [1.807, 2.05) is 6.92 Å². The highest BCUT2D eigenvalue weighted by Gasteiger charge is 2.03. The molecule has 0 spiro atoms. The van der Waals surface area contributed by atoms with Crippen LogP contribution in [0.3, 0.4) is 0 Å². The SMILES string of the molecule is CCc1nsc(CNC(=O)CCl)n1. The average Bonchev–Trinajstić information content (AvgIpc) is 2.61. The lowest BCUT2D eigenvalue weighted by atomic mass is 10.5. The van der Waals surface area contributed by atoms with E-state index in [1.54, 1.807) is 0 Å². The molecule has 1 aromatic heterocycles. The molecule has 0 aliphatic carbocycles. The van der Waals surface area contributed by atoms with Crippen LogP contribution >= 0.6 is 23.1 Å². The van der Waals surface area contributed by atoms with Crippen molar-refractivity contribution >= 4 is 29.0 Å². The molecule has 0 aliphatic heterocycles. The number of carbonyl (C=O) groups excluding carboxylic acids is 1. The van der Waals surface area contributed by atoms with Crippen LogP contribution in [0.25, 0.3) is 0 Å². The number of carbonyl (C=O) groups is 1. The lowest BCUT2D eigenvalue weighted by Gasteiger charge is -1.96. The summed E-state index contributed by atoms with van der Waals surface area (Å²) in [6, 6.07) is 0. The molecule has 1 amide bonds. The van der Waals surface area contributed by atoms with Crippen molar-refractivity contribution in [2.75, 3.05) is 5.88 Å². The molecule has 0 unspecified atom stereocenters. The van der Waals surface area contributed by atoms with Crippen LogP contribution in [0.4, 0.5) is 0 Å². The van der Waals surface area contributed by atoms with E-state index >= 15 is 0 Å². The molecule has 6 heteroatoms. The Bertz CT molecular complexity index is 289. The van der Waals surface area contributed by atoms with E-state index in [4.69, 9.17) is 11.6 Å². The topological polar surface area (TPSA) is 54.9 Å². The second kappa shape index (κ2) is 5.14. The first-order valence-electron chi connectivity index (χ1n) is 3.90. The lowest BCUT2D eigenvalue weighted by Crippen LogP contribution is -2.23. The fraction of sp³-hybridized carbons (Fsp3) is 0.571. The van der Waals surface area contributed by atoms with E-state index in [1.165, 1.54) is 11.5 Å². The minimum Gasteiger partial charge on any atom is -0.348 e. The minimum absolute atomic E-state index is 0.0144. The molecular weight excluding hydrogens is 210 g/mol. The number of rotatable bonds is 4. The molecule has 0 saturated heterocycles. The van der Waals surface area contributed by atoms with E-state index in [2.05, 4.69) is 14.7 Å². The maximum Gasteiger partial charge on any atom is 0.235 e. The molecule has 4 nitrogen and oxygen atoms in total. The van der Waals surface area contributed by atoms with Gasteiger partial charge in [0.2, 0.25) is 5.91 Å². The molecule has 1 aromatic rings. The first-order chi connectivity index (χ1) is 6.26. The summed E-state index contributed by atoms with van der Waals surface area (Å²) in [4.78, 5) is 15.0. The van der Waals surface area contributed by atoms with Gasteiger partial charge in [-0.2, -0.15) is 4.37 Å². The first-order valence-corrected chi connectivity index (χ1v) is 5.21. The van der Waals surface area contributed by atoms with Crippen LogP contribution in [-0.4, -0.2) is 21.1 Å². The van der Waals surface area contributed by atoms with Crippen LogP contribution < -0.4 is 5.32 Å². The number of halogens is 1. The molecule has 1 N–H and O–H groups in total. The van der Waals surface area contributed by atoms with Gasteiger partial charge in [0.25, 0.3) is 0 Å². The van der Waals surface area contributed by atoms with Gasteiger partial charge in [-0.1, -0.05) is 6.92 Å². The molecule has 0 bridgehead atoms. The van der Waals surface area contributed by atoms with Crippen molar-refractivity contribution in [1.82, 2.24) is 14.7 Å². The lowest BCUT2D eigenvalue weighted by molar-refractivity contribution is -0.118. The molecular formula is C7H10ClN3OS. The summed E-state index contributed by atoms with van der Waals surface area (Å²) >= 11 is 6.61. The highest BCUT2D eigenvalue weighted by Crippen LogP contribution is 2.04. The first kappa shape index (κ1) is 10.4. The quantitative estimate of drug-likeness (QED) is 0.768. The second-order valence-electron chi connectivity index (χ2n) is 2.37. The molecule has 1 heterocycles. The maximum absolute atomic E-state index is 10.8. The zero-order valence-corrected chi connectivity index (χ0v) is 8.78. The zero-order valence-electron chi connectivity index (χ0n) is 7.21. The van der Waals surface area contributed by atoms with E-state index < -0.39 is 0 Å². The Kier molecular flexibility index (Phi) is 4.11. The second-order valence-corrected chi connectivity index (χ2v) is 3.47. The maximum atomic E-state index is 10.8. The predicted molar refractivity (Wildman–Crippen MR) is 51.9 cm³/mol. The number of aryl methyl sites for hydroxylation is 1. The van der Waals surface area contributed by atoms with Crippen LogP contribution in [0.1, 0.15) is 17.8 Å². The summed E-state index contributed by atoms with van der Waals surface area (Å²) in [5.74, 6) is 0.620. The van der Waals surface area contributed by atoms with Gasteiger partial charge in [-0.05, 0) is 11.5 Å². The molecule has 0 radical (unpaired) electrons. The highest BCUT2D eigenvalue weighted by atomic mass is 35.5. The van der Waals surface area contributed by atoms with Crippen LogP contribution in [0.15, 0.2) is 0 Å². The van der Waals surface area contributed by atoms with Gasteiger partial charge in [0.15, 0.2) is 0 Å². The Labute approximate surface area is 85.5 Å². The summed E-state index contributed by atoms with van der Waals surface area (Å²) < 4.78 is 4.08. The summed E-state index contributed by atoms with van der Waals surface area (Å²) in [6.45, 7) is 2.41. The molecule has 13 heavy (non-hydrogen) atoms. The van der Waals surface area contributed by atoms with Gasteiger partial charge < -0.3 is 5.32 Å². The largest absolute Gasteiger partial charge is 0.348 e.